The minimum atomic E-state index is -0.669. The highest BCUT2D eigenvalue weighted by molar-refractivity contribution is 5.96. The molecule has 0 bridgehead atoms. The normalized spacial score (nSPS) is 12.0. The number of benzene rings is 1. The van der Waals surface area contributed by atoms with Gasteiger partial charge < -0.3 is 10.1 Å². The fraction of sp³-hybridized carbons (Fsp3) is 0.389. The summed E-state index contributed by atoms with van der Waals surface area (Å²) in [4.78, 5) is 24.4. The third-order valence-electron chi connectivity index (χ3n) is 3.68. The topological polar surface area (TPSA) is 73.2 Å². The Morgan fingerprint density at radius 2 is 1.92 bits per heavy atom. The molecule has 2 rings (SSSR count). The van der Waals surface area contributed by atoms with Crippen LogP contribution >= 0.6 is 0 Å². The zero-order chi connectivity index (χ0) is 17.7. The number of nitrogens with zero attached hydrogens (tertiary/aromatic N) is 2. The molecule has 1 aromatic carbocycles. The van der Waals surface area contributed by atoms with Gasteiger partial charge in [-0.15, -0.1) is 0 Å². The largest absolute Gasteiger partial charge is 0.467 e. The van der Waals surface area contributed by atoms with E-state index in [1.165, 1.54) is 11.8 Å². The molecular weight excluding hydrogens is 306 g/mol. The van der Waals surface area contributed by atoms with Gasteiger partial charge in [-0.1, -0.05) is 44.2 Å². The van der Waals surface area contributed by atoms with Gasteiger partial charge in [0, 0.05) is 12.6 Å². The lowest BCUT2D eigenvalue weighted by Gasteiger charge is -2.18. The highest BCUT2D eigenvalue weighted by Crippen LogP contribution is 2.18. The van der Waals surface area contributed by atoms with Gasteiger partial charge in [0.2, 0.25) is 0 Å². The minimum Gasteiger partial charge on any atom is -0.467 e. The first-order valence-corrected chi connectivity index (χ1v) is 7.90. The summed E-state index contributed by atoms with van der Waals surface area (Å²) in [6.45, 7) is 3.97. The van der Waals surface area contributed by atoms with E-state index in [4.69, 9.17) is 4.74 Å². The monoisotopic (exact) mass is 329 g/mol. The van der Waals surface area contributed by atoms with Gasteiger partial charge in [-0.25, -0.2) is 4.79 Å². The van der Waals surface area contributed by atoms with Crippen LogP contribution in [0.5, 0.6) is 0 Å². The van der Waals surface area contributed by atoms with Crippen LogP contribution in [0.3, 0.4) is 0 Å². The molecule has 0 aliphatic carbocycles. The van der Waals surface area contributed by atoms with Crippen molar-refractivity contribution in [2.75, 3.05) is 7.11 Å². The van der Waals surface area contributed by atoms with Crippen LogP contribution in [0.4, 0.5) is 0 Å². The van der Waals surface area contributed by atoms with Crippen molar-refractivity contribution in [3.05, 3.63) is 42.1 Å². The van der Waals surface area contributed by atoms with Crippen LogP contribution in [-0.4, -0.2) is 34.8 Å². The van der Waals surface area contributed by atoms with Crippen molar-refractivity contribution in [1.82, 2.24) is 15.1 Å². The van der Waals surface area contributed by atoms with Crippen molar-refractivity contribution in [1.29, 1.82) is 0 Å². The summed E-state index contributed by atoms with van der Waals surface area (Å²) in [7, 11) is 3.02. The summed E-state index contributed by atoms with van der Waals surface area (Å²) in [5.74, 6) is -0.536. The molecule has 128 valence electrons. The van der Waals surface area contributed by atoms with Gasteiger partial charge in [0.15, 0.2) is 0 Å². The fourth-order valence-corrected chi connectivity index (χ4v) is 2.49. The molecule has 0 radical (unpaired) electrons. The number of hydrogen-bond acceptors (Lipinski definition) is 4. The second kappa shape index (κ2) is 7.77. The number of amides is 1. The Labute approximate surface area is 141 Å². The van der Waals surface area contributed by atoms with Crippen molar-refractivity contribution in [2.45, 2.75) is 26.3 Å². The molecule has 6 nitrogen and oxygen atoms in total. The van der Waals surface area contributed by atoms with Crippen molar-refractivity contribution >= 4 is 11.9 Å². The van der Waals surface area contributed by atoms with Crippen LogP contribution in [-0.2, 0) is 16.6 Å². The molecule has 0 aliphatic heterocycles. The summed E-state index contributed by atoms with van der Waals surface area (Å²) in [5, 5.41) is 7.12. The molecule has 1 aromatic heterocycles. The van der Waals surface area contributed by atoms with Crippen LogP contribution in [0, 0.1) is 5.92 Å². The van der Waals surface area contributed by atoms with E-state index in [0.29, 0.717) is 17.8 Å². The maximum Gasteiger partial charge on any atom is 0.328 e. The SMILES string of the molecule is COC(=O)C(CC(C)C)NC(=O)c1cc(-c2ccccc2)nn1C. The molecule has 0 saturated carbocycles. The lowest BCUT2D eigenvalue weighted by Crippen LogP contribution is -2.42. The van der Waals surface area contributed by atoms with Gasteiger partial charge in [-0.3, -0.25) is 9.48 Å². The van der Waals surface area contributed by atoms with E-state index in [1.807, 2.05) is 44.2 Å². The van der Waals surface area contributed by atoms with E-state index in [1.54, 1.807) is 13.1 Å². The number of methoxy groups -OCH3 is 1. The van der Waals surface area contributed by atoms with Crippen molar-refractivity contribution in [3.8, 4) is 11.3 Å². The molecule has 6 heteroatoms. The second-order valence-electron chi connectivity index (χ2n) is 6.08. The summed E-state index contributed by atoms with van der Waals surface area (Å²) in [5.41, 5.74) is 2.03. The van der Waals surface area contributed by atoms with Crippen LogP contribution in [0.1, 0.15) is 30.8 Å². The fourth-order valence-electron chi connectivity index (χ4n) is 2.49. The number of carbonyl (C=O) groups excluding carboxylic acids is 2. The first-order chi connectivity index (χ1) is 11.4. The number of hydrogen-bond donors (Lipinski definition) is 1. The van der Waals surface area contributed by atoms with Crippen LogP contribution in [0.15, 0.2) is 36.4 Å². The molecule has 2 aromatic rings. The Hall–Kier alpha value is -2.63. The number of aryl methyl sites for hydroxylation is 1. The molecule has 0 aliphatic rings. The first-order valence-electron chi connectivity index (χ1n) is 7.90. The zero-order valence-electron chi connectivity index (χ0n) is 14.4. The van der Waals surface area contributed by atoms with Gasteiger partial charge in [0.25, 0.3) is 5.91 Å². The van der Waals surface area contributed by atoms with Crippen LogP contribution in [0.25, 0.3) is 11.3 Å². The Kier molecular flexibility index (Phi) is 5.73. The van der Waals surface area contributed by atoms with Gasteiger partial charge in [0.1, 0.15) is 11.7 Å². The Bertz CT molecular complexity index is 708. The maximum atomic E-state index is 12.5. The quantitative estimate of drug-likeness (QED) is 0.826. The summed E-state index contributed by atoms with van der Waals surface area (Å²) in [6, 6.07) is 10.7. The lowest BCUT2D eigenvalue weighted by atomic mass is 10.0. The van der Waals surface area contributed by atoms with Crippen molar-refractivity contribution in [2.24, 2.45) is 13.0 Å². The van der Waals surface area contributed by atoms with Gasteiger partial charge in [0.05, 0.1) is 12.8 Å². The molecule has 1 heterocycles. The second-order valence-corrected chi connectivity index (χ2v) is 6.08. The Morgan fingerprint density at radius 3 is 2.50 bits per heavy atom. The highest BCUT2D eigenvalue weighted by Gasteiger charge is 2.24. The van der Waals surface area contributed by atoms with Gasteiger partial charge in [-0.05, 0) is 18.4 Å². The Balaban J connectivity index is 2.20. The van der Waals surface area contributed by atoms with E-state index in [-0.39, 0.29) is 11.8 Å². The average molecular weight is 329 g/mol. The van der Waals surface area contributed by atoms with Crippen LogP contribution in [0.2, 0.25) is 0 Å². The Morgan fingerprint density at radius 1 is 1.25 bits per heavy atom. The molecule has 1 atom stereocenters. The number of nitrogens with one attached hydrogen (secondary N) is 1. The zero-order valence-corrected chi connectivity index (χ0v) is 14.4. The van der Waals surface area contributed by atoms with E-state index < -0.39 is 12.0 Å². The number of rotatable bonds is 6. The predicted octanol–water partition coefficient (Wildman–Crippen LogP) is 2.40. The molecular formula is C18H23N3O3. The van der Waals surface area contributed by atoms with Gasteiger partial charge in [-0.2, -0.15) is 5.10 Å². The summed E-state index contributed by atoms with van der Waals surface area (Å²) >= 11 is 0. The number of esters is 1. The van der Waals surface area contributed by atoms with Gasteiger partial charge >= 0.3 is 5.97 Å². The van der Waals surface area contributed by atoms with Crippen molar-refractivity contribution < 1.29 is 14.3 Å². The summed E-state index contributed by atoms with van der Waals surface area (Å²) < 4.78 is 6.29. The first kappa shape index (κ1) is 17.7. The summed E-state index contributed by atoms with van der Waals surface area (Å²) in [6.07, 6.45) is 0.516. The standard InChI is InChI=1S/C18H23N3O3/c1-12(2)10-15(18(23)24-4)19-17(22)16-11-14(20-21(16)3)13-8-6-5-7-9-13/h5-9,11-12,15H,10H2,1-4H3,(H,19,22). The maximum absolute atomic E-state index is 12.5. The van der Waals surface area contributed by atoms with E-state index in [0.717, 1.165) is 5.56 Å². The smallest absolute Gasteiger partial charge is 0.328 e. The third kappa shape index (κ3) is 4.22. The van der Waals surface area contributed by atoms with Crippen LogP contribution < -0.4 is 5.32 Å². The highest BCUT2D eigenvalue weighted by atomic mass is 16.5. The average Bonchev–Trinajstić information content (AvgIpc) is 2.96. The van der Waals surface area contributed by atoms with Crippen molar-refractivity contribution in [3.63, 3.8) is 0 Å². The number of carbonyl (C=O) groups is 2. The van der Waals surface area contributed by atoms with E-state index in [9.17, 15) is 9.59 Å². The molecule has 0 spiro atoms. The number of ether oxygens (including phenoxy) is 1. The molecule has 0 fully saturated rings. The molecule has 0 saturated heterocycles. The lowest BCUT2D eigenvalue weighted by molar-refractivity contribution is -0.143. The predicted molar refractivity (Wildman–Crippen MR) is 91.4 cm³/mol. The molecule has 1 unspecified atom stereocenters. The molecule has 1 amide bonds. The molecule has 1 N–H and O–H groups in total. The number of aromatic nitrogens is 2. The van der Waals surface area contributed by atoms with E-state index >= 15 is 0 Å². The third-order valence-corrected chi connectivity index (χ3v) is 3.68. The molecule has 24 heavy (non-hydrogen) atoms. The van der Waals surface area contributed by atoms with E-state index in [2.05, 4.69) is 10.4 Å². The minimum absolute atomic E-state index is 0.251.